The Bertz CT molecular complexity index is 372. The van der Waals surface area contributed by atoms with Crippen molar-refractivity contribution in [2.75, 3.05) is 6.54 Å². The fourth-order valence-corrected chi connectivity index (χ4v) is 1.29. The maximum atomic E-state index is 11.2. The summed E-state index contributed by atoms with van der Waals surface area (Å²) in [4.78, 5) is 11.2. The lowest BCUT2D eigenvalue weighted by molar-refractivity contribution is 0.244. The van der Waals surface area contributed by atoms with Gasteiger partial charge in [0, 0.05) is 12.7 Å². The largest absolute Gasteiger partial charge is 0.508 e. The van der Waals surface area contributed by atoms with E-state index in [9.17, 15) is 4.79 Å². The minimum atomic E-state index is -0.200. The summed E-state index contributed by atoms with van der Waals surface area (Å²) in [5, 5.41) is 14.5. The Labute approximate surface area is 101 Å². The number of benzene rings is 1. The Morgan fingerprint density at radius 3 is 2.71 bits per heavy atom. The molecule has 17 heavy (non-hydrogen) atoms. The highest BCUT2D eigenvalue weighted by molar-refractivity contribution is 5.74. The highest BCUT2D eigenvalue weighted by Crippen LogP contribution is 2.09. The molecule has 0 unspecified atom stereocenters. The van der Waals surface area contributed by atoms with E-state index in [2.05, 4.69) is 10.6 Å². The van der Waals surface area contributed by atoms with Gasteiger partial charge in [0.25, 0.3) is 0 Å². The predicted molar refractivity (Wildman–Crippen MR) is 67.8 cm³/mol. The number of carbonyl (C=O) groups excluding carboxylic acids is 1. The molecule has 0 aliphatic heterocycles. The molecule has 0 atom stereocenters. The molecular formula is C13H18N2O2. The first-order chi connectivity index (χ1) is 8.22. The summed E-state index contributed by atoms with van der Waals surface area (Å²) in [6, 6.07) is 6.75. The van der Waals surface area contributed by atoms with Crippen LogP contribution in [0.5, 0.6) is 5.75 Å². The van der Waals surface area contributed by atoms with Crippen LogP contribution in [0.2, 0.25) is 0 Å². The van der Waals surface area contributed by atoms with Gasteiger partial charge < -0.3 is 15.7 Å². The molecule has 1 rings (SSSR count). The van der Waals surface area contributed by atoms with Crippen molar-refractivity contribution in [2.45, 2.75) is 19.8 Å². The van der Waals surface area contributed by atoms with Crippen molar-refractivity contribution in [3.05, 3.63) is 42.1 Å². The summed E-state index contributed by atoms with van der Waals surface area (Å²) in [5.74, 6) is 0.254. The molecule has 3 N–H and O–H groups in total. The van der Waals surface area contributed by atoms with Crippen LogP contribution in [0.4, 0.5) is 4.79 Å². The first kappa shape index (κ1) is 13.1. The molecule has 0 radical (unpaired) electrons. The number of rotatable bonds is 5. The summed E-state index contributed by atoms with van der Waals surface area (Å²) in [5.41, 5.74) is 1.08. The number of phenols is 1. The van der Waals surface area contributed by atoms with Crippen molar-refractivity contribution >= 4 is 6.03 Å². The van der Waals surface area contributed by atoms with E-state index in [1.165, 1.54) is 0 Å². The molecule has 0 aliphatic carbocycles. The predicted octanol–water partition coefficient (Wildman–Crippen LogP) is 2.16. The summed E-state index contributed by atoms with van der Waals surface area (Å²) >= 11 is 0. The van der Waals surface area contributed by atoms with Gasteiger partial charge in [-0.25, -0.2) is 4.79 Å². The average Bonchev–Trinajstić information content (AvgIpc) is 2.32. The van der Waals surface area contributed by atoms with Crippen LogP contribution in [0.15, 0.2) is 36.5 Å². The van der Waals surface area contributed by atoms with E-state index in [1.807, 2.05) is 25.1 Å². The van der Waals surface area contributed by atoms with E-state index in [0.717, 1.165) is 18.4 Å². The minimum absolute atomic E-state index is 0.200. The van der Waals surface area contributed by atoms with Gasteiger partial charge in [0.15, 0.2) is 0 Å². The monoisotopic (exact) mass is 234 g/mol. The lowest BCUT2D eigenvalue weighted by atomic mass is 10.1. The third kappa shape index (κ3) is 5.61. The second kappa shape index (κ2) is 7.33. The van der Waals surface area contributed by atoms with Crippen molar-refractivity contribution in [1.82, 2.24) is 10.6 Å². The van der Waals surface area contributed by atoms with Crippen molar-refractivity contribution < 1.29 is 9.90 Å². The second-order valence-electron chi connectivity index (χ2n) is 3.63. The minimum Gasteiger partial charge on any atom is -0.508 e. The number of hydrogen-bond donors (Lipinski definition) is 3. The lowest BCUT2D eigenvalue weighted by Crippen LogP contribution is -2.33. The molecule has 0 bridgehead atoms. The van der Waals surface area contributed by atoms with Gasteiger partial charge in [-0.1, -0.05) is 25.1 Å². The zero-order chi connectivity index (χ0) is 12.5. The van der Waals surface area contributed by atoms with Crippen molar-refractivity contribution in [3.63, 3.8) is 0 Å². The Morgan fingerprint density at radius 2 is 2.06 bits per heavy atom. The van der Waals surface area contributed by atoms with Gasteiger partial charge in [-0.15, -0.1) is 0 Å². The van der Waals surface area contributed by atoms with Gasteiger partial charge >= 0.3 is 6.03 Å². The number of aromatic hydroxyl groups is 1. The third-order valence-corrected chi connectivity index (χ3v) is 2.20. The number of allylic oxidation sites excluding steroid dienone is 1. The molecule has 4 nitrogen and oxygen atoms in total. The molecule has 0 spiro atoms. The fourth-order valence-electron chi connectivity index (χ4n) is 1.29. The Balaban J connectivity index is 2.21. The van der Waals surface area contributed by atoms with Crippen LogP contribution in [-0.4, -0.2) is 17.7 Å². The van der Waals surface area contributed by atoms with Crippen molar-refractivity contribution in [1.29, 1.82) is 0 Å². The van der Waals surface area contributed by atoms with Crippen LogP contribution in [-0.2, 0) is 6.42 Å². The fraction of sp³-hybridized carbons (Fsp3) is 0.308. The van der Waals surface area contributed by atoms with Crippen LogP contribution in [0.25, 0.3) is 0 Å². The highest BCUT2D eigenvalue weighted by Gasteiger charge is 1.97. The summed E-state index contributed by atoms with van der Waals surface area (Å²) in [7, 11) is 0. The number of nitrogens with one attached hydrogen (secondary N) is 2. The zero-order valence-corrected chi connectivity index (χ0v) is 9.94. The highest BCUT2D eigenvalue weighted by atomic mass is 16.3. The van der Waals surface area contributed by atoms with Crippen LogP contribution >= 0.6 is 0 Å². The van der Waals surface area contributed by atoms with E-state index >= 15 is 0 Å². The van der Waals surface area contributed by atoms with E-state index in [-0.39, 0.29) is 11.8 Å². The molecule has 0 heterocycles. The van der Waals surface area contributed by atoms with Crippen LogP contribution in [0.3, 0.4) is 0 Å². The normalized spacial score (nSPS) is 10.4. The van der Waals surface area contributed by atoms with Gasteiger partial charge in [0.2, 0.25) is 0 Å². The molecule has 92 valence electrons. The van der Waals surface area contributed by atoms with Crippen LogP contribution in [0, 0.1) is 0 Å². The quantitative estimate of drug-likeness (QED) is 0.731. The van der Waals surface area contributed by atoms with Crippen molar-refractivity contribution in [3.8, 4) is 5.75 Å². The molecule has 1 aromatic carbocycles. The van der Waals surface area contributed by atoms with Gasteiger partial charge in [0.1, 0.15) is 5.75 Å². The number of amides is 2. The van der Waals surface area contributed by atoms with Crippen LogP contribution in [0.1, 0.15) is 18.9 Å². The molecule has 4 heteroatoms. The molecule has 0 aromatic heterocycles. The third-order valence-electron chi connectivity index (χ3n) is 2.20. The number of phenolic OH excluding ortho intramolecular Hbond substituents is 1. The van der Waals surface area contributed by atoms with E-state index < -0.39 is 0 Å². The van der Waals surface area contributed by atoms with Crippen molar-refractivity contribution in [2.24, 2.45) is 0 Å². The molecule has 0 aliphatic rings. The van der Waals surface area contributed by atoms with Crippen LogP contribution < -0.4 is 10.6 Å². The molecule has 1 aromatic rings. The first-order valence-electron chi connectivity index (χ1n) is 5.69. The second-order valence-corrected chi connectivity index (χ2v) is 3.63. The summed E-state index contributed by atoms with van der Waals surface area (Å²) in [6.07, 6.45) is 5.15. The Hall–Kier alpha value is -1.97. The van der Waals surface area contributed by atoms with Gasteiger partial charge in [-0.3, -0.25) is 0 Å². The molecular weight excluding hydrogens is 216 g/mol. The van der Waals surface area contributed by atoms with Gasteiger partial charge in [-0.05, 0) is 30.5 Å². The van der Waals surface area contributed by atoms with E-state index in [1.54, 1.807) is 18.3 Å². The zero-order valence-electron chi connectivity index (χ0n) is 9.94. The number of carbonyl (C=O) groups is 1. The topological polar surface area (TPSA) is 61.4 Å². The van der Waals surface area contributed by atoms with E-state index in [4.69, 9.17) is 5.11 Å². The first-order valence-corrected chi connectivity index (χ1v) is 5.69. The summed E-state index contributed by atoms with van der Waals surface area (Å²) < 4.78 is 0. The van der Waals surface area contributed by atoms with Gasteiger partial charge in [-0.2, -0.15) is 0 Å². The molecule has 0 saturated carbocycles. The maximum absolute atomic E-state index is 11.2. The standard InChI is InChI=1S/C13H18N2O2/c1-2-3-9-14-13(17)15-10-8-11-4-6-12(16)7-5-11/h3-7,9,16H,2,8,10H2,1H3,(H2,14,15,17)/b9-3+. The molecule has 2 amide bonds. The average molecular weight is 234 g/mol. The van der Waals surface area contributed by atoms with Gasteiger partial charge in [0.05, 0.1) is 0 Å². The number of urea groups is 1. The Morgan fingerprint density at radius 1 is 1.35 bits per heavy atom. The molecule has 0 fully saturated rings. The summed E-state index contributed by atoms with van der Waals surface area (Å²) in [6.45, 7) is 2.57. The number of hydrogen-bond acceptors (Lipinski definition) is 2. The lowest BCUT2D eigenvalue weighted by Gasteiger charge is -2.04. The smallest absolute Gasteiger partial charge is 0.318 e. The van der Waals surface area contributed by atoms with E-state index in [0.29, 0.717) is 6.54 Å². The SMILES string of the molecule is CC/C=C/NC(=O)NCCc1ccc(O)cc1. The Kier molecular flexibility index (Phi) is 5.64. The molecule has 0 saturated heterocycles. The maximum Gasteiger partial charge on any atom is 0.318 e.